The van der Waals surface area contributed by atoms with E-state index in [0.717, 1.165) is 73.2 Å². The van der Waals surface area contributed by atoms with Gasteiger partial charge in [0.15, 0.2) is 17.5 Å². The maximum atomic E-state index is 9.96. The Hall–Kier alpha value is -6.44. The van der Waals surface area contributed by atoms with Crippen LogP contribution in [0.4, 0.5) is 0 Å². The minimum atomic E-state index is 0.209. The maximum absolute atomic E-state index is 9.96. The molecule has 1 saturated carbocycles. The Morgan fingerprint density at radius 2 is 1.11 bits per heavy atom. The second-order valence-corrected chi connectivity index (χ2v) is 16.3. The standard InChI is InChI=1S/C53H46N4/c1-4-53(32-35(2)20-21-36(3)33-53)46-26-24-39(25-27-46)44-29-43(37-12-6-5-7-13-37)30-45(31-44)51-55-50(41-23-22-38-14-8-9-15-40(38)28-41)56-52(57-51)49-19-11-17-47-42(34-54)16-10-18-48(47)49/h5-19,22-31,35-36H,4,20-21,32-33H2,1-3H3/t35-,36+,53?. The van der Waals surface area contributed by atoms with Crippen molar-refractivity contribution in [3.8, 4) is 62.5 Å². The number of nitrogens with zero attached hydrogens (tertiary/aromatic N) is 4. The number of aromatic nitrogens is 3. The third-order valence-electron chi connectivity index (χ3n) is 12.4. The average molecular weight is 739 g/mol. The predicted octanol–water partition coefficient (Wildman–Crippen LogP) is 13.9. The first-order valence-electron chi connectivity index (χ1n) is 20.4. The van der Waals surface area contributed by atoms with Gasteiger partial charge in [0.05, 0.1) is 11.6 Å². The Morgan fingerprint density at radius 3 is 1.81 bits per heavy atom. The van der Waals surface area contributed by atoms with E-state index in [4.69, 9.17) is 15.0 Å². The van der Waals surface area contributed by atoms with E-state index in [1.165, 1.54) is 36.8 Å². The molecule has 1 unspecified atom stereocenters. The number of benzene rings is 7. The summed E-state index contributed by atoms with van der Waals surface area (Å²) in [6.07, 6.45) is 6.29. The lowest BCUT2D eigenvalue weighted by Gasteiger charge is -2.35. The van der Waals surface area contributed by atoms with E-state index in [9.17, 15) is 5.26 Å². The van der Waals surface area contributed by atoms with Crippen LogP contribution in [0.2, 0.25) is 0 Å². The lowest BCUT2D eigenvalue weighted by Crippen LogP contribution is -2.28. The van der Waals surface area contributed by atoms with Crippen molar-refractivity contribution in [3.05, 3.63) is 163 Å². The molecule has 278 valence electrons. The van der Waals surface area contributed by atoms with E-state index in [2.05, 4.69) is 142 Å². The molecule has 4 nitrogen and oxygen atoms in total. The Labute approximate surface area is 336 Å². The number of rotatable bonds is 7. The fourth-order valence-corrected chi connectivity index (χ4v) is 9.34. The Morgan fingerprint density at radius 1 is 0.526 bits per heavy atom. The van der Waals surface area contributed by atoms with Crippen LogP contribution >= 0.6 is 0 Å². The van der Waals surface area contributed by atoms with E-state index < -0.39 is 0 Å². The summed E-state index contributed by atoms with van der Waals surface area (Å²) in [5.74, 6) is 3.22. The SMILES string of the molecule is CCC1(c2ccc(-c3cc(-c4ccccc4)cc(-c4nc(-c5ccc6ccccc6c5)nc(-c5cccc6c(C#N)cccc56)n4)c3)cc2)C[C@H](C)CC[C@H](C)C1. The number of fused-ring (bicyclic) bond motifs is 2. The molecule has 8 aromatic rings. The Kier molecular flexibility index (Phi) is 9.68. The normalized spacial score (nSPS) is 18.3. The van der Waals surface area contributed by atoms with Crippen LogP contribution in [0.25, 0.3) is 78.0 Å². The van der Waals surface area contributed by atoms with Crippen LogP contribution in [-0.2, 0) is 5.41 Å². The average Bonchev–Trinajstić information content (AvgIpc) is 3.43. The van der Waals surface area contributed by atoms with E-state index in [-0.39, 0.29) is 5.41 Å². The summed E-state index contributed by atoms with van der Waals surface area (Å²) < 4.78 is 0. The van der Waals surface area contributed by atoms with Crippen molar-refractivity contribution in [2.24, 2.45) is 11.8 Å². The van der Waals surface area contributed by atoms with E-state index in [1.807, 2.05) is 36.4 Å². The van der Waals surface area contributed by atoms with Gasteiger partial charge in [-0.25, -0.2) is 15.0 Å². The molecule has 0 N–H and O–H groups in total. The molecule has 0 saturated heterocycles. The summed E-state index contributed by atoms with van der Waals surface area (Å²) in [4.78, 5) is 15.6. The molecule has 1 fully saturated rings. The smallest absolute Gasteiger partial charge is 0.164 e. The first kappa shape index (κ1) is 36.2. The van der Waals surface area contributed by atoms with Crippen molar-refractivity contribution in [2.75, 3.05) is 0 Å². The summed E-state index contributed by atoms with van der Waals surface area (Å²) in [6.45, 7) is 7.26. The molecule has 3 atom stereocenters. The van der Waals surface area contributed by atoms with Gasteiger partial charge in [0.2, 0.25) is 0 Å². The summed E-state index contributed by atoms with van der Waals surface area (Å²) in [7, 11) is 0. The van der Waals surface area contributed by atoms with Crippen LogP contribution < -0.4 is 0 Å². The largest absolute Gasteiger partial charge is 0.208 e. The third-order valence-corrected chi connectivity index (χ3v) is 12.4. The van der Waals surface area contributed by atoms with Crippen LogP contribution in [0.5, 0.6) is 0 Å². The molecule has 57 heavy (non-hydrogen) atoms. The van der Waals surface area contributed by atoms with Crippen molar-refractivity contribution in [1.29, 1.82) is 5.26 Å². The first-order valence-corrected chi connectivity index (χ1v) is 20.4. The highest BCUT2D eigenvalue weighted by molar-refractivity contribution is 5.98. The van der Waals surface area contributed by atoms with Gasteiger partial charge in [-0.3, -0.25) is 0 Å². The molecule has 0 bridgehead atoms. The molecule has 0 spiro atoms. The molecule has 0 amide bonds. The highest BCUT2D eigenvalue weighted by Gasteiger charge is 2.36. The van der Waals surface area contributed by atoms with E-state index in [0.29, 0.717) is 23.0 Å². The minimum absolute atomic E-state index is 0.209. The molecule has 0 aliphatic heterocycles. The quantitative estimate of drug-likeness (QED) is 0.153. The molecule has 0 radical (unpaired) electrons. The van der Waals surface area contributed by atoms with Gasteiger partial charge in [-0.05, 0) is 111 Å². The fraction of sp³-hybridized carbons (Fsp3) is 0.208. The van der Waals surface area contributed by atoms with Gasteiger partial charge in [-0.1, -0.05) is 155 Å². The zero-order valence-corrected chi connectivity index (χ0v) is 32.9. The summed E-state index contributed by atoms with van der Waals surface area (Å²) in [6, 6.07) is 55.6. The van der Waals surface area contributed by atoms with Crippen LogP contribution in [0.15, 0.2) is 152 Å². The van der Waals surface area contributed by atoms with Crippen molar-refractivity contribution >= 4 is 21.5 Å². The summed E-state index contributed by atoms with van der Waals surface area (Å²) in [5, 5.41) is 14.0. The molecular weight excluding hydrogens is 693 g/mol. The van der Waals surface area contributed by atoms with Crippen LogP contribution in [0.1, 0.15) is 64.0 Å². The molecule has 1 aromatic heterocycles. The van der Waals surface area contributed by atoms with Crippen LogP contribution in [-0.4, -0.2) is 15.0 Å². The van der Waals surface area contributed by atoms with E-state index >= 15 is 0 Å². The second kappa shape index (κ2) is 15.2. The number of nitriles is 1. The number of hydrogen-bond acceptors (Lipinski definition) is 4. The molecule has 4 heteroatoms. The van der Waals surface area contributed by atoms with Crippen molar-refractivity contribution in [3.63, 3.8) is 0 Å². The predicted molar refractivity (Wildman–Crippen MR) is 235 cm³/mol. The summed E-state index contributed by atoms with van der Waals surface area (Å²) >= 11 is 0. The zero-order valence-electron chi connectivity index (χ0n) is 32.9. The fourth-order valence-electron chi connectivity index (χ4n) is 9.34. The lowest BCUT2D eigenvalue weighted by atomic mass is 9.69. The third kappa shape index (κ3) is 7.11. The number of hydrogen-bond donors (Lipinski definition) is 0. The monoisotopic (exact) mass is 738 g/mol. The first-order chi connectivity index (χ1) is 27.9. The van der Waals surface area contributed by atoms with Gasteiger partial charge >= 0.3 is 0 Å². The maximum Gasteiger partial charge on any atom is 0.164 e. The Bertz CT molecular complexity index is 2770. The van der Waals surface area contributed by atoms with Crippen molar-refractivity contribution in [2.45, 2.75) is 58.3 Å². The highest BCUT2D eigenvalue weighted by atomic mass is 15.0. The Balaban J connectivity index is 1.22. The van der Waals surface area contributed by atoms with Gasteiger partial charge < -0.3 is 0 Å². The van der Waals surface area contributed by atoms with Gasteiger partial charge in [-0.2, -0.15) is 5.26 Å². The highest BCUT2D eigenvalue weighted by Crippen LogP contribution is 2.46. The minimum Gasteiger partial charge on any atom is -0.208 e. The van der Waals surface area contributed by atoms with Gasteiger partial charge in [-0.15, -0.1) is 0 Å². The zero-order chi connectivity index (χ0) is 38.9. The molecule has 1 aliphatic rings. The van der Waals surface area contributed by atoms with Gasteiger partial charge in [0, 0.05) is 22.1 Å². The van der Waals surface area contributed by atoms with Crippen LogP contribution in [0.3, 0.4) is 0 Å². The van der Waals surface area contributed by atoms with Crippen molar-refractivity contribution < 1.29 is 0 Å². The van der Waals surface area contributed by atoms with Crippen molar-refractivity contribution in [1.82, 2.24) is 15.0 Å². The topological polar surface area (TPSA) is 62.5 Å². The van der Waals surface area contributed by atoms with Gasteiger partial charge in [0.25, 0.3) is 0 Å². The molecule has 7 aromatic carbocycles. The molecule has 1 heterocycles. The van der Waals surface area contributed by atoms with Crippen LogP contribution in [0, 0.1) is 23.2 Å². The van der Waals surface area contributed by atoms with E-state index in [1.54, 1.807) is 0 Å². The summed E-state index contributed by atoms with van der Waals surface area (Å²) in [5.41, 5.74) is 9.49. The molecule has 1 aliphatic carbocycles. The molecule has 9 rings (SSSR count). The second-order valence-electron chi connectivity index (χ2n) is 16.3. The lowest BCUT2D eigenvalue weighted by molar-refractivity contribution is 0.295. The molecular formula is C53H46N4. The van der Waals surface area contributed by atoms with Gasteiger partial charge in [0.1, 0.15) is 0 Å².